The highest BCUT2D eigenvalue weighted by Crippen LogP contribution is 2.18. The van der Waals surface area contributed by atoms with Crippen LogP contribution in [0.3, 0.4) is 0 Å². The second kappa shape index (κ2) is 5.98. The van der Waals surface area contributed by atoms with Gasteiger partial charge in [-0.2, -0.15) is 0 Å². The third kappa shape index (κ3) is 3.31. The smallest absolute Gasteiger partial charge is 0.0558 e. The van der Waals surface area contributed by atoms with Gasteiger partial charge in [-0.05, 0) is 36.7 Å². The fraction of sp³-hybridized carbons (Fsp3) is 0.375. The fourth-order valence-electron chi connectivity index (χ4n) is 2.17. The largest absolute Gasteiger partial charge is 0.395 e. The Bertz CT molecular complexity index is 521. The second-order valence-electron chi connectivity index (χ2n) is 4.96. The highest BCUT2D eigenvalue weighted by molar-refractivity contribution is 5.83. The van der Waals surface area contributed by atoms with E-state index in [9.17, 15) is 0 Å². The van der Waals surface area contributed by atoms with E-state index in [4.69, 9.17) is 5.11 Å². The van der Waals surface area contributed by atoms with Gasteiger partial charge < -0.3 is 10.0 Å². The molecule has 0 amide bonds. The lowest BCUT2D eigenvalue weighted by Gasteiger charge is -2.14. The zero-order valence-corrected chi connectivity index (χ0v) is 11.2. The molecule has 0 fully saturated rings. The first-order valence-electron chi connectivity index (χ1n) is 6.48. The van der Waals surface area contributed by atoms with Crippen LogP contribution in [0.5, 0.6) is 0 Å². The fourth-order valence-corrected chi connectivity index (χ4v) is 2.17. The molecule has 0 saturated heterocycles. The standard InChI is InChI=1S/C16H21NO/c1-13-3-5-16-12-14(4-6-15(16)11-13)7-8-17(2)9-10-18/h3-6,11-12,18H,7-10H2,1-2H3. The molecular formula is C16H21NO. The molecule has 2 nitrogen and oxygen atoms in total. The number of likely N-dealkylation sites (N-methyl/N-ethyl adjacent to an activating group) is 1. The molecule has 2 rings (SSSR count). The van der Waals surface area contributed by atoms with E-state index in [1.54, 1.807) is 0 Å². The quantitative estimate of drug-likeness (QED) is 0.872. The van der Waals surface area contributed by atoms with E-state index in [1.807, 2.05) is 7.05 Å². The maximum Gasteiger partial charge on any atom is 0.0558 e. The molecule has 18 heavy (non-hydrogen) atoms. The summed E-state index contributed by atoms with van der Waals surface area (Å²) in [5.74, 6) is 0. The van der Waals surface area contributed by atoms with Gasteiger partial charge >= 0.3 is 0 Å². The molecule has 1 N–H and O–H groups in total. The lowest BCUT2D eigenvalue weighted by atomic mass is 10.0. The summed E-state index contributed by atoms with van der Waals surface area (Å²) >= 11 is 0. The molecule has 0 aliphatic rings. The van der Waals surface area contributed by atoms with Crippen molar-refractivity contribution in [1.82, 2.24) is 4.90 Å². The summed E-state index contributed by atoms with van der Waals surface area (Å²) in [6, 6.07) is 13.2. The molecule has 0 unspecified atom stereocenters. The minimum atomic E-state index is 0.230. The number of hydrogen-bond donors (Lipinski definition) is 1. The summed E-state index contributed by atoms with van der Waals surface area (Å²) in [6.45, 7) is 4.08. The molecule has 0 aliphatic heterocycles. The first-order chi connectivity index (χ1) is 8.69. The van der Waals surface area contributed by atoms with Gasteiger partial charge in [0, 0.05) is 13.1 Å². The summed E-state index contributed by atoms with van der Waals surface area (Å²) in [6.07, 6.45) is 1.03. The molecule has 0 atom stereocenters. The molecule has 2 aromatic carbocycles. The Labute approximate surface area is 109 Å². The first-order valence-corrected chi connectivity index (χ1v) is 6.48. The highest BCUT2D eigenvalue weighted by atomic mass is 16.3. The van der Waals surface area contributed by atoms with Crippen molar-refractivity contribution in [3.63, 3.8) is 0 Å². The normalized spacial score (nSPS) is 11.3. The minimum absolute atomic E-state index is 0.230. The van der Waals surface area contributed by atoms with Gasteiger partial charge in [0.05, 0.1) is 6.61 Å². The van der Waals surface area contributed by atoms with Crippen molar-refractivity contribution in [3.05, 3.63) is 47.5 Å². The number of nitrogens with zero attached hydrogens (tertiary/aromatic N) is 1. The monoisotopic (exact) mass is 243 g/mol. The van der Waals surface area contributed by atoms with Gasteiger partial charge in [0.15, 0.2) is 0 Å². The Morgan fingerprint density at radius 3 is 2.50 bits per heavy atom. The summed E-state index contributed by atoms with van der Waals surface area (Å²) in [5.41, 5.74) is 2.66. The SMILES string of the molecule is Cc1ccc2cc(CCN(C)CCO)ccc2c1. The van der Waals surface area contributed by atoms with Crippen LogP contribution in [0, 0.1) is 6.92 Å². The zero-order valence-electron chi connectivity index (χ0n) is 11.2. The average molecular weight is 243 g/mol. The number of aliphatic hydroxyl groups excluding tert-OH is 1. The third-order valence-electron chi connectivity index (χ3n) is 3.32. The van der Waals surface area contributed by atoms with Crippen LogP contribution >= 0.6 is 0 Å². The maximum atomic E-state index is 8.86. The van der Waals surface area contributed by atoms with Gasteiger partial charge in [0.25, 0.3) is 0 Å². The molecule has 2 aromatic rings. The van der Waals surface area contributed by atoms with Crippen molar-refractivity contribution in [2.45, 2.75) is 13.3 Å². The Hall–Kier alpha value is -1.38. The molecule has 0 aromatic heterocycles. The van der Waals surface area contributed by atoms with E-state index in [1.165, 1.54) is 21.9 Å². The van der Waals surface area contributed by atoms with Gasteiger partial charge in [-0.15, -0.1) is 0 Å². The molecule has 0 radical (unpaired) electrons. The van der Waals surface area contributed by atoms with Crippen LogP contribution in [-0.4, -0.2) is 36.8 Å². The number of rotatable bonds is 5. The van der Waals surface area contributed by atoms with E-state index >= 15 is 0 Å². The Morgan fingerprint density at radius 1 is 1.00 bits per heavy atom. The van der Waals surface area contributed by atoms with Crippen LogP contribution in [0.2, 0.25) is 0 Å². The maximum absolute atomic E-state index is 8.86. The van der Waals surface area contributed by atoms with Crippen LogP contribution in [0.15, 0.2) is 36.4 Å². The van der Waals surface area contributed by atoms with Crippen LogP contribution in [0.4, 0.5) is 0 Å². The lowest BCUT2D eigenvalue weighted by molar-refractivity contribution is 0.223. The minimum Gasteiger partial charge on any atom is -0.395 e. The van der Waals surface area contributed by atoms with Crippen molar-refractivity contribution < 1.29 is 5.11 Å². The molecule has 2 heteroatoms. The molecule has 0 saturated carbocycles. The van der Waals surface area contributed by atoms with Crippen LogP contribution in [0.25, 0.3) is 10.8 Å². The zero-order chi connectivity index (χ0) is 13.0. The lowest BCUT2D eigenvalue weighted by Crippen LogP contribution is -2.24. The second-order valence-corrected chi connectivity index (χ2v) is 4.96. The predicted molar refractivity (Wildman–Crippen MR) is 77.0 cm³/mol. The van der Waals surface area contributed by atoms with Crippen LogP contribution in [0.1, 0.15) is 11.1 Å². The van der Waals surface area contributed by atoms with Gasteiger partial charge in [-0.1, -0.05) is 42.0 Å². The van der Waals surface area contributed by atoms with Gasteiger partial charge in [0.1, 0.15) is 0 Å². The third-order valence-corrected chi connectivity index (χ3v) is 3.32. The van der Waals surface area contributed by atoms with E-state index in [2.05, 4.69) is 48.2 Å². The van der Waals surface area contributed by atoms with E-state index in [-0.39, 0.29) is 6.61 Å². The number of aryl methyl sites for hydroxylation is 1. The molecule has 0 bridgehead atoms. The summed E-state index contributed by atoms with van der Waals surface area (Å²) in [4.78, 5) is 2.15. The van der Waals surface area contributed by atoms with E-state index in [0.717, 1.165) is 19.5 Å². The van der Waals surface area contributed by atoms with Gasteiger partial charge in [-0.3, -0.25) is 0 Å². The molecular weight excluding hydrogens is 222 g/mol. The number of fused-ring (bicyclic) bond motifs is 1. The number of benzene rings is 2. The summed E-state index contributed by atoms with van der Waals surface area (Å²) in [5, 5.41) is 11.5. The molecule has 0 heterocycles. The number of hydrogen-bond acceptors (Lipinski definition) is 2. The van der Waals surface area contributed by atoms with Crippen molar-refractivity contribution in [1.29, 1.82) is 0 Å². The Kier molecular flexibility index (Phi) is 4.34. The summed E-state index contributed by atoms with van der Waals surface area (Å²) < 4.78 is 0. The van der Waals surface area contributed by atoms with Crippen molar-refractivity contribution >= 4 is 10.8 Å². The molecule has 96 valence electrons. The van der Waals surface area contributed by atoms with Gasteiger partial charge in [-0.25, -0.2) is 0 Å². The predicted octanol–water partition coefficient (Wildman–Crippen LogP) is 2.61. The molecule has 0 aliphatic carbocycles. The first kappa shape index (κ1) is 13.1. The van der Waals surface area contributed by atoms with Crippen molar-refractivity contribution in [2.75, 3.05) is 26.7 Å². The topological polar surface area (TPSA) is 23.5 Å². The van der Waals surface area contributed by atoms with Crippen LogP contribution < -0.4 is 0 Å². The Balaban J connectivity index is 2.08. The highest BCUT2D eigenvalue weighted by Gasteiger charge is 2.00. The molecule has 0 spiro atoms. The van der Waals surface area contributed by atoms with Crippen molar-refractivity contribution in [3.8, 4) is 0 Å². The average Bonchev–Trinajstić information content (AvgIpc) is 2.36. The summed E-state index contributed by atoms with van der Waals surface area (Å²) in [7, 11) is 2.04. The number of aliphatic hydroxyl groups is 1. The van der Waals surface area contributed by atoms with Gasteiger partial charge in [0.2, 0.25) is 0 Å². The van der Waals surface area contributed by atoms with Crippen LogP contribution in [-0.2, 0) is 6.42 Å². The van der Waals surface area contributed by atoms with E-state index in [0.29, 0.717) is 0 Å². The van der Waals surface area contributed by atoms with E-state index < -0.39 is 0 Å². The Morgan fingerprint density at radius 2 is 1.72 bits per heavy atom. The van der Waals surface area contributed by atoms with Crippen molar-refractivity contribution in [2.24, 2.45) is 0 Å².